The molecule has 0 bridgehead atoms. The number of morpholine rings is 1. The van der Waals surface area contributed by atoms with Crippen LogP contribution in [0.25, 0.3) is 28.1 Å². The summed E-state index contributed by atoms with van der Waals surface area (Å²) in [4.78, 5) is 2.41. The fourth-order valence-electron chi connectivity index (χ4n) is 4.88. The zero-order chi connectivity index (χ0) is 23.2. The average molecular weight is 476 g/mol. The van der Waals surface area contributed by atoms with Gasteiger partial charge in [-0.15, -0.1) is 10.2 Å². The maximum Gasteiger partial charge on any atom is 0.161 e. The Kier molecular flexibility index (Phi) is 5.36. The van der Waals surface area contributed by atoms with Crippen molar-refractivity contribution in [2.24, 2.45) is 7.05 Å². The van der Waals surface area contributed by atoms with Gasteiger partial charge in [0.05, 0.1) is 29.9 Å². The molecule has 0 aliphatic carbocycles. The molecule has 5 aromatic rings. The first-order valence-electron chi connectivity index (χ1n) is 11.5. The molecule has 0 saturated carbocycles. The lowest BCUT2D eigenvalue weighted by atomic mass is 10.1. The van der Waals surface area contributed by atoms with Crippen LogP contribution in [0.1, 0.15) is 17.0 Å². The molecular formula is C25H26ClN7O. The monoisotopic (exact) mass is 475 g/mol. The van der Waals surface area contributed by atoms with Gasteiger partial charge in [0.15, 0.2) is 5.65 Å². The molecule has 0 amide bonds. The van der Waals surface area contributed by atoms with Crippen molar-refractivity contribution in [3.05, 3.63) is 70.6 Å². The van der Waals surface area contributed by atoms with Gasteiger partial charge in [-0.1, -0.05) is 17.7 Å². The smallest absolute Gasteiger partial charge is 0.161 e. The predicted molar refractivity (Wildman–Crippen MR) is 132 cm³/mol. The number of hydrogen-bond donors (Lipinski definition) is 0. The molecule has 1 aliphatic rings. The van der Waals surface area contributed by atoms with Crippen LogP contribution in [0.2, 0.25) is 5.02 Å². The number of hydrogen-bond acceptors (Lipinski definition) is 5. The topological polar surface area (TPSA) is 65.4 Å². The van der Waals surface area contributed by atoms with Crippen LogP contribution in [-0.2, 0) is 24.9 Å². The van der Waals surface area contributed by atoms with E-state index in [0.29, 0.717) is 6.54 Å². The summed E-state index contributed by atoms with van der Waals surface area (Å²) in [6.45, 7) is 6.99. The highest BCUT2D eigenvalue weighted by atomic mass is 35.5. The van der Waals surface area contributed by atoms with Crippen molar-refractivity contribution in [3.63, 3.8) is 0 Å². The number of halogens is 1. The van der Waals surface area contributed by atoms with Gasteiger partial charge >= 0.3 is 0 Å². The van der Waals surface area contributed by atoms with Crippen molar-refractivity contribution < 1.29 is 4.74 Å². The molecule has 1 saturated heterocycles. The molecule has 8 nitrogen and oxygen atoms in total. The molecule has 9 heteroatoms. The summed E-state index contributed by atoms with van der Waals surface area (Å²) in [5, 5.41) is 14.0. The molecule has 34 heavy (non-hydrogen) atoms. The van der Waals surface area contributed by atoms with E-state index in [0.717, 1.165) is 77.3 Å². The van der Waals surface area contributed by atoms with Crippen LogP contribution in [-0.4, -0.2) is 60.1 Å². The van der Waals surface area contributed by atoms with E-state index >= 15 is 0 Å². The van der Waals surface area contributed by atoms with E-state index in [2.05, 4.69) is 54.4 Å². The van der Waals surface area contributed by atoms with Crippen LogP contribution in [0.4, 0.5) is 0 Å². The highest BCUT2D eigenvalue weighted by Crippen LogP contribution is 2.30. The summed E-state index contributed by atoms with van der Waals surface area (Å²) >= 11 is 6.58. The van der Waals surface area contributed by atoms with Gasteiger partial charge in [0.25, 0.3) is 0 Å². The third-order valence-corrected chi connectivity index (χ3v) is 6.66. The Morgan fingerprint density at radius 2 is 1.74 bits per heavy atom. The second-order valence-electron chi connectivity index (χ2n) is 8.89. The first-order chi connectivity index (χ1) is 16.5. The average Bonchev–Trinajstić information content (AvgIpc) is 3.51. The fourth-order valence-corrected chi connectivity index (χ4v) is 5.16. The number of aromatic nitrogens is 6. The lowest BCUT2D eigenvalue weighted by Crippen LogP contribution is -2.35. The Labute approximate surface area is 202 Å². The molecule has 5 heterocycles. The van der Waals surface area contributed by atoms with Crippen LogP contribution < -0.4 is 0 Å². The number of aryl methyl sites for hydroxylation is 2. The molecule has 4 aromatic heterocycles. The summed E-state index contributed by atoms with van der Waals surface area (Å²) in [6, 6.07) is 14.7. The quantitative estimate of drug-likeness (QED) is 0.385. The van der Waals surface area contributed by atoms with Crippen molar-refractivity contribution in [1.82, 2.24) is 33.8 Å². The Morgan fingerprint density at radius 3 is 2.50 bits per heavy atom. The van der Waals surface area contributed by atoms with Crippen LogP contribution >= 0.6 is 11.6 Å². The normalized spacial score (nSPS) is 15.0. The standard InChI is InChI=1S/C25H26ClN7O/c1-17-27-28-25-4-3-22-24(33(17)25)14-23(21-5-6-30(2)29-21)32(22)16-19-11-18(12-20(26)13-19)15-31-7-9-34-10-8-31/h3-6,11-14H,7-10,15-16H2,1-2H3. The first kappa shape index (κ1) is 21.3. The third kappa shape index (κ3) is 3.87. The summed E-state index contributed by atoms with van der Waals surface area (Å²) < 4.78 is 11.7. The number of fused-ring (bicyclic) bond motifs is 3. The number of pyridine rings is 1. The van der Waals surface area contributed by atoms with Gasteiger partial charge in [-0.25, -0.2) is 0 Å². The van der Waals surface area contributed by atoms with Gasteiger partial charge in [-0.3, -0.25) is 14.0 Å². The molecule has 0 atom stereocenters. The van der Waals surface area contributed by atoms with E-state index in [9.17, 15) is 0 Å². The summed E-state index contributed by atoms with van der Waals surface area (Å²) in [5.74, 6) is 0.862. The van der Waals surface area contributed by atoms with Crippen LogP contribution in [0, 0.1) is 6.92 Å². The van der Waals surface area contributed by atoms with Crippen molar-refractivity contribution in [1.29, 1.82) is 0 Å². The third-order valence-electron chi connectivity index (χ3n) is 6.44. The Hall–Kier alpha value is -3.20. The van der Waals surface area contributed by atoms with E-state index < -0.39 is 0 Å². The van der Waals surface area contributed by atoms with Crippen LogP contribution in [0.5, 0.6) is 0 Å². The molecule has 0 unspecified atom stereocenters. The highest BCUT2D eigenvalue weighted by Gasteiger charge is 2.18. The lowest BCUT2D eigenvalue weighted by Gasteiger charge is -2.26. The van der Waals surface area contributed by atoms with Crippen molar-refractivity contribution in [3.8, 4) is 11.4 Å². The summed E-state index contributed by atoms with van der Waals surface area (Å²) in [7, 11) is 1.94. The van der Waals surface area contributed by atoms with Crippen LogP contribution in [0.15, 0.2) is 48.7 Å². The van der Waals surface area contributed by atoms with Crippen molar-refractivity contribution >= 4 is 28.3 Å². The Morgan fingerprint density at radius 1 is 0.941 bits per heavy atom. The van der Waals surface area contributed by atoms with Gasteiger partial charge < -0.3 is 9.30 Å². The van der Waals surface area contributed by atoms with Gasteiger partial charge in [0.2, 0.25) is 0 Å². The second-order valence-corrected chi connectivity index (χ2v) is 9.33. The maximum absolute atomic E-state index is 6.58. The molecule has 1 fully saturated rings. The fraction of sp³-hybridized carbons (Fsp3) is 0.320. The maximum atomic E-state index is 6.58. The number of benzene rings is 1. The summed E-state index contributed by atoms with van der Waals surface area (Å²) in [5.41, 5.74) is 7.36. The van der Waals surface area contributed by atoms with E-state index in [4.69, 9.17) is 21.4 Å². The molecule has 6 rings (SSSR count). The molecule has 0 radical (unpaired) electrons. The second kappa shape index (κ2) is 8.54. The van der Waals surface area contributed by atoms with Crippen molar-refractivity contribution in [2.75, 3.05) is 26.3 Å². The minimum atomic E-state index is 0.679. The van der Waals surface area contributed by atoms with Crippen molar-refractivity contribution in [2.45, 2.75) is 20.0 Å². The van der Waals surface area contributed by atoms with E-state index in [1.54, 1.807) is 0 Å². The minimum absolute atomic E-state index is 0.679. The van der Waals surface area contributed by atoms with Gasteiger partial charge in [0.1, 0.15) is 11.5 Å². The molecule has 0 N–H and O–H groups in total. The minimum Gasteiger partial charge on any atom is -0.379 e. The van der Waals surface area contributed by atoms with E-state index in [-0.39, 0.29) is 0 Å². The largest absolute Gasteiger partial charge is 0.379 e. The Bertz CT molecular complexity index is 1490. The molecule has 174 valence electrons. The zero-order valence-electron chi connectivity index (χ0n) is 19.3. The number of rotatable bonds is 5. The number of ether oxygens (including phenoxy) is 1. The van der Waals surface area contributed by atoms with Gasteiger partial charge in [0, 0.05) is 44.4 Å². The molecule has 0 spiro atoms. The highest BCUT2D eigenvalue weighted by molar-refractivity contribution is 6.30. The summed E-state index contributed by atoms with van der Waals surface area (Å²) in [6.07, 6.45) is 1.97. The van der Waals surface area contributed by atoms with Crippen LogP contribution in [0.3, 0.4) is 0 Å². The molecule has 1 aliphatic heterocycles. The van der Waals surface area contributed by atoms with Gasteiger partial charge in [-0.05, 0) is 54.4 Å². The van der Waals surface area contributed by atoms with Gasteiger partial charge in [-0.2, -0.15) is 5.10 Å². The van der Waals surface area contributed by atoms with E-state index in [1.807, 2.05) is 37.0 Å². The Balaban J connectivity index is 1.45. The molecule has 1 aromatic carbocycles. The molecular weight excluding hydrogens is 450 g/mol. The van der Waals surface area contributed by atoms with E-state index in [1.165, 1.54) is 5.56 Å². The zero-order valence-corrected chi connectivity index (χ0v) is 20.0. The lowest BCUT2D eigenvalue weighted by molar-refractivity contribution is 0.0342. The predicted octanol–water partition coefficient (Wildman–Crippen LogP) is 3.93. The first-order valence-corrected chi connectivity index (χ1v) is 11.9. The number of nitrogens with zero attached hydrogens (tertiary/aromatic N) is 7. The SMILES string of the molecule is Cc1nnc2ccc3c(cc(-c4ccn(C)n4)n3Cc3cc(Cl)cc(CN4CCOCC4)c3)n12.